The van der Waals surface area contributed by atoms with Crippen LogP contribution >= 0.6 is 0 Å². The number of pyridine rings is 1. The minimum absolute atomic E-state index is 0.0332. The summed E-state index contributed by atoms with van der Waals surface area (Å²) in [7, 11) is 0. The molecule has 0 aliphatic rings. The second kappa shape index (κ2) is 8.31. The highest BCUT2D eigenvalue weighted by atomic mass is 16.3. The second-order valence-electron chi connectivity index (χ2n) is 6.52. The van der Waals surface area contributed by atoms with Crippen LogP contribution in [0.4, 0.5) is 11.4 Å². The number of aromatic hydroxyl groups is 1. The Bertz CT molecular complexity index is 1130. The Morgan fingerprint density at radius 3 is 2.50 bits per heavy atom. The third-order valence-corrected chi connectivity index (χ3v) is 4.50. The molecule has 6 heteroatoms. The van der Waals surface area contributed by atoms with Crippen LogP contribution in [-0.2, 0) is 13.0 Å². The predicted molar refractivity (Wildman–Crippen MR) is 107 cm³/mol. The first-order valence-electron chi connectivity index (χ1n) is 8.90. The first-order valence-corrected chi connectivity index (χ1v) is 8.90. The minimum Gasteiger partial charge on any atom is -0.493 e. The SMILES string of the molecule is Cc1cccc(N=Nc2c(C)c(C#N)c(O)n(CCc3ccccc3)c2=O)c1. The summed E-state index contributed by atoms with van der Waals surface area (Å²) in [5.74, 6) is -0.338. The molecule has 0 fully saturated rings. The maximum Gasteiger partial charge on any atom is 0.281 e. The fourth-order valence-electron chi connectivity index (χ4n) is 2.95. The molecule has 0 amide bonds. The van der Waals surface area contributed by atoms with Gasteiger partial charge < -0.3 is 5.11 Å². The van der Waals surface area contributed by atoms with E-state index in [1.165, 1.54) is 4.57 Å². The molecule has 1 aromatic heterocycles. The van der Waals surface area contributed by atoms with Crippen LogP contribution in [0.2, 0.25) is 0 Å². The van der Waals surface area contributed by atoms with Gasteiger partial charge in [-0.15, -0.1) is 5.11 Å². The van der Waals surface area contributed by atoms with Crippen molar-refractivity contribution in [3.63, 3.8) is 0 Å². The molecule has 0 saturated carbocycles. The molecule has 0 saturated heterocycles. The van der Waals surface area contributed by atoms with E-state index in [1.807, 2.05) is 61.5 Å². The van der Waals surface area contributed by atoms with Gasteiger partial charge in [0, 0.05) is 12.1 Å². The number of aromatic nitrogens is 1. The first kappa shape index (κ1) is 19.1. The Hall–Kier alpha value is -3.72. The summed E-state index contributed by atoms with van der Waals surface area (Å²) < 4.78 is 1.18. The van der Waals surface area contributed by atoms with E-state index in [4.69, 9.17) is 0 Å². The minimum atomic E-state index is -0.471. The molecule has 28 heavy (non-hydrogen) atoms. The van der Waals surface area contributed by atoms with E-state index < -0.39 is 5.56 Å². The lowest BCUT2D eigenvalue weighted by Gasteiger charge is -2.13. The van der Waals surface area contributed by atoms with Crippen molar-refractivity contribution in [2.45, 2.75) is 26.8 Å². The molecule has 140 valence electrons. The van der Waals surface area contributed by atoms with Gasteiger partial charge in [-0.05, 0) is 43.5 Å². The zero-order valence-corrected chi connectivity index (χ0v) is 15.8. The van der Waals surface area contributed by atoms with E-state index >= 15 is 0 Å². The lowest BCUT2D eigenvalue weighted by molar-refractivity contribution is 0.404. The Morgan fingerprint density at radius 2 is 1.82 bits per heavy atom. The van der Waals surface area contributed by atoms with Gasteiger partial charge in [-0.1, -0.05) is 42.5 Å². The number of azo groups is 1. The van der Waals surface area contributed by atoms with Crippen LogP contribution in [0.15, 0.2) is 69.6 Å². The van der Waals surface area contributed by atoms with E-state index in [9.17, 15) is 15.2 Å². The maximum atomic E-state index is 12.9. The van der Waals surface area contributed by atoms with Crippen molar-refractivity contribution in [3.05, 3.63) is 87.2 Å². The Morgan fingerprint density at radius 1 is 1.07 bits per heavy atom. The molecule has 0 spiro atoms. The summed E-state index contributed by atoms with van der Waals surface area (Å²) in [5, 5.41) is 28.1. The standard InChI is InChI=1S/C22H20N4O2/c1-15-7-6-10-18(13-15)24-25-20-16(2)19(14-23)21(27)26(22(20)28)12-11-17-8-4-3-5-9-17/h3-10,13,27H,11-12H2,1-2H3. The Balaban J connectivity index is 2.02. The molecule has 0 unspecified atom stereocenters. The lowest BCUT2D eigenvalue weighted by Crippen LogP contribution is -2.22. The first-order chi connectivity index (χ1) is 13.5. The molecular formula is C22H20N4O2. The molecule has 3 aromatic rings. The Labute approximate surface area is 163 Å². The predicted octanol–water partition coefficient (Wildman–Crippen LogP) is 4.70. The summed E-state index contributed by atoms with van der Waals surface area (Å²) in [6.07, 6.45) is 0.538. The third kappa shape index (κ3) is 3.99. The van der Waals surface area contributed by atoms with Gasteiger partial charge in [-0.25, -0.2) is 0 Å². The highest BCUT2D eigenvalue weighted by molar-refractivity contribution is 5.56. The fourth-order valence-corrected chi connectivity index (χ4v) is 2.95. The number of nitriles is 1. The molecule has 1 N–H and O–H groups in total. The van der Waals surface area contributed by atoms with E-state index in [0.717, 1.165) is 11.1 Å². The van der Waals surface area contributed by atoms with Gasteiger partial charge in [0.2, 0.25) is 5.88 Å². The number of nitrogens with zero attached hydrogens (tertiary/aromatic N) is 4. The third-order valence-electron chi connectivity index (χ3n) is 4.50. The molecule has 0 bridgehead atoms. The molecule has 6 nitrogen and oxygen atoms in total. The molecular weight excluding hydrogens is 352 g/mol. The van der Waals surface area contributed by atoms with Gasteiger partial charge in [-0.2, -0.15) is 10.4 Å². The van der Waals surface area contributed by atoms with Crippen LogP contribution in [0.1, 0.15) is 22.3 Å². The molecule has 0 aliphatic heterocycles. The number of hydrogen-bond acceptors (Lipinski definition) is 5. The summed E-state index contributed by atoms with van der Waals surface area (Å²) in [4.78, 5) is 12.9. The monoisotopic (exact) mass is 372 g/mol. The van der Waals surface area contributed by atoms with E-state index in [1.54, 1.807) is 13.0 Å². The van der Waals surface area contributed by atoms with E-state index in [-0.39, 0.29) is 23.7 Å². The van der Waals surface area contributed by atoms with Crippen molar-refractivity contribution >= 4 is 11.4 Å². The molecule has 0 radical (unpaired) electrons. The van der Waals surface area contributed by atoms with E-state index in [2.05, 4.69) is 10.2 Å². The molecule has 3 rings (SSSR count). The smallest absolute Gasteiger partial charge is 0.281 e. The maximum absolute atomic E-state index is 12.9. The summed E-state index contributed by atoms with van der Waals surface area (Å²) in [5.41, 5.74) is 2.60. The average Bonchev–Trinajstić information content (AvgIpc) is 2.69. The number of hydrogen-bond donors (Lipinski definition) is 1. The van der Waals surface area contributed by atoms with E-state index in [0.29, 0.717) is 17.7 Å². The zero-order chi connectivity index (χ0) is 20.1. The van der Waals surface area contributed by atoms with Crippen LogP contribution in [0, 0.1) is 25.2 Å². The summed E-state index contributed by atoms with van der Waals surface area (Å²) in [6, 6.07) is 19.0. The Kier molecular flexibility index (Phi) is 5.66. The lowest BCUT2D eigenvalue weighted by atomic mass is 10.1. The fraction of sp³-hybridized carbons (Fsp3) is 0.182. The van der Waals surface area contributed by atoms with Crippen molar-refractivity contribution in [1.82, 2.24) is 4.57 Å². The van der Waals surface area contributed by atoms with Crippen LogP contribution in [0.25, 0.3) is 0 Å². The average molecular weight is 372 g/mol. The van der Waals surface area contributed by atoms with Crippen molar-refractivity contribution < 1.29 is 5.11 Å². The molecule has 0 atom stereocenters. The van der Waals surface area contributed by atoms with Gasteiger partial charge in [0.05, 0.1) is 5.69 Å². The van der Waals surface area contributed by atoms with Crippen LogP contribution in [-0.4, -0.2) is 9.67 Å². The van der Waals surface area contributed by atoms with Gasteiger partial charge in [0.1, 0.15) is 11.6 Å². The van der Waals surface area contributed by atoms with Crippen molar-refractivity contribution in [2.24, 2.45) is 10.2 Å². The van der Waals surface area contributed by atoms with Crippen LogP contribution < -0.4 is 5.56 Å². The highest BCUT2D eigenvalue weighted by Crippen LogP contribution is 2.27. The van der Waals surface area contributed by atoms with Crippen molar-refractivity contribution in [2.75, 3.05) is 0 Å². The number of aryl methyl sites for hydroxylation is 2. The van der Waals surface area contributed by atoms with Crippen LogP contribution in [0.3, 0.4) is 0 Å². The normalized spacial score (nSPS) is 10.9. The van der Waals surface area contributed by atoms with Gasteiger partial charge in [0.15, 0.2) is 5.69 Å². The summed E-state index contributed by atoms with van der Waals surface area (Å²) in [6.45, 7) is 3.76. The summed E-state index contributed by atoms with van der Waals surface area (Å²) >= 11 is 0. The van der Waals surface area contributed by atoms with Gasteiger partial charge in [-0.3, -0.25) is 9.36 Å². The van der Waals surface area contributed by atoms with Crippen LogP contribution in [0.5, 0.6) is 5.88 Å². The largest absolute Gasteiger partial charge is 0.493 e. The van der Waals surface area contributed by atoms with Gasteiger partial charge >= 0.3 is 0 Å². The highest BCUT2D eigenvalue weighted by Gasteiger charge is 2.19. The number of benzene rings is 2. The molecule has 2 aromatic carbocycles. The second-order valence-corrected chi connectivity index (χ2v) is 6.52. The number of rotatable bonds is 5. The molecule has 0 aliphatic carbocycles. The molecule has 1 heterocycles. The van der Waals surface area contributed by atoms with Crippen molar-refractivity contribution in [3.8, 4) is 11.9 Å². The quantitative estimate of drug-likeness (QED) is 0.658. The van der Waals surface area contributed by atoms with Gasteiger partial charge in [0.25, 0.3) is 5.56 Å². The van der Waals surface area contributed by atoms with Crippen molar-refractivity contribution in [1.29, 1.82) is 5.26 Å². The topological polar surface area (TPSA) is 90.7 Å². The zero-order valence-electron chi connectivity index (χ0n) is 15.8.